The summed E-state index contributed by atoms with van der Waals surface area (Å²) in [5, 5.41) is 0.299. The zero-order chi connectivity index (χ0) is 11.6. The van der Waals surface area contributed by atoms with Crippen LogP contribution in [0.15, 0.2) is 24.3 Å². The second-order valence-electron chi connectivity index (χ2n) is 3.12. The highest BCUT2D eigenvalue weighted by Crippen LogP contribution is 2.21. The summed E-state index contributed by atoms with van der Waals surface area (Å²) in [5.41, 5.74) is 0.882. The highest BCUT2D eigenvalue weighted by Gasteiger charge is 2.09. The molecule has 1 aromatic carbocycles. The lowest BCUT2D eigenvalue weighted by Crippen LogP contribution is -2.23. The van der Waals surface area contributed by atoms with Crippen molar-refractivity contribution < 1.29 is 8.42 Å². The van der Waals surface area contributed by atoms with Crippen molar-refractivity contribution in [1.29, 1.82) is 0 Å². The monoisotopic (exact) mass is 276 g/mol. The molecule has 0 bridgehead atoms. The van der Waals surface area contributed by atoms with Gasteiger partial charge in [0.1, 0.15) is 10.2 Å². The van der Waals surface area contributed by atoms with Gasteiger partial charge in [-0.2, -0.15) is 0 Å². The first-order valence-corrected chi connectivity index (χ1v) is 7.49. The maximum atomic E-state index is 11.1. The first-order chi connectivity index (χ1) is 7.61. The fourth-order valence-corrected chi connectivity index (χ4v) is 2.87. The van der Waals surface area contributed by atoms with E-state index in [1.165, 1.54) is 11.3 Å². The Balaban J connectivity index is 2.16. The summed E-state index contributed by atoms with van der Waals surface area (Å²) in [5.74, 6) is 0. The van der Waals surface area contributed by atoms with Gasteiger partial charge in [-0.1, -0.05) is 12.1 Å². The van der Waals surface area contributed by atoms with Crippen molar-refractivity contribution in [3.05, 3.63) is 29.3 Å². The standard InChI is InChI=1S/C9H9ClN2O2S2/c10-6-16(13,14)11-5-9-12-7-3-1-2-4-8(7)15-9/h1-4,11H,5-6H2. The summed E-state index contributed by atoms with van der Waals surface area (Å²) in [4.78, 5) is 4.30. The fourth-order valence-electron chi connectivity index (χ4n) is 1.21. The molecule has 0 amide bonds. The van der Waals surface area contributed by atoms with Crippen LogP contribution in [0.1, 0.15) is 5.01 Å². The average molecular weight is 277 g/mol. The molecular formula is C9H9ClN2O2S2. The largest absolute Gasteiger partial charge is 0.240 e. The first kappa shape index (κ1) is 11.8. The van der Waals surface area contributed by atoms with E-state index in [-0.39, 0.29) is 6.54 Å². The lowest BCUT2D eigenvalue weighted by molar-refractivity contribution is 0.586. The molecule has 0 unspecified atom stereocenters. The Morgan fingerprint density at radius 2 is 2.12 bits per heavy atom. The Hall–Kier alpha value is -0.690. The molecule has 1 aromatic heterocycles. The van der Waals surface area contributed by atoms with Crippen molar-refractivity contribution in [1.82, 2.24) is 9.71 Å². The van der Waals surface area contributed by atoms with Crippen LogP contribution in [0.25, 0.3) is 10.2 Å². The number of alkyl halides is 1. The van der Waals surface area contributed by atoms with E-state index >= 15 is 0 Å². The van der Waals surface area contributed by atoms with E-state index in [9.17, 15) is 8.42 Å². The molecule has 16 heavy (non-hydrogen) atoms. The van der Waals surface area contributed by atoms with Gasteiger partial charge in [-0.05, 0) is 12.1 Å². The molecule has 0 saturated carbocycles. The van der Waals surface area contributed by atoms with Crippen molar-refractivity contribution in [2.75, 3.05) is 5.21 Å². The number of nitrogens with one attached hydrogen (secondary N) is 1. The second-order valence-corrected chi connectivity index (χ2v) is 6.63. The Kier molecular flexibility index (Phi) is 3.44. The smallest absolute Gasteiger partial charge is 0.226 e. The van der Waals surface area contributed by atoms with Crippen molar-refractivity contribution in [3.63, 3.8) is 0 Å². The highest BCUT2D eigenvalue weighted by molar-refractivity contribution is 7.90. The van der Waals surface area contributed by atoms with Gasteiger partial charge in [-0.3, -0.25) is 0 Å². The molecule has 0 atom stereocenters. The Morgan fingerprint density at radius 1 is 1.38 bits per heavy atom. The van der Waals surface area contributed by atoms with E-state index in [4.69, 9.17) is 11.6 Å². The van der Waals surface area contributed by atoms with Crippen LogP contribution in [-0.4, -0.2) is 18.6 Å². The molecule has 0 aliphatic carbocycles. The van der Waals surface area contributed by atoms with E-state index in [1.807, 2.05) is 24.3 Å². The van der Waals surface area contributed by atoms with Crippen LogP contribution in [0, 0.1) is 0 Å². The topological polar surface area (TPSA) is 59.1 Å². The molecule has 4 nitrogen and oxygen atoms in total. The summed E-state index contributed by atoms with van der Waals surface area (Å²) < 4.78 is 25.7. The van der Waals surface area contributed by atoms with Crippen LogP contribution in [-0.2, 0) is 16.6 Å². The third kappa shape index (κ3) is 2.70. The van der Waals surface area contributed by atoms with Gasteiger partial charge in [0.15, 0.2) is 0 Å². The van der Waals surface area contributed by atoms with Gasteiger partial charge in [0.05, 0.1) is 16.8 Å². The van der Waals surface area contributed by atoms with E-state index < -0.39 is 15.2 Å². The second kappa shape index (κ2) is 4.67. The van der Waals surface area contributed by atoms with Gasteiger partial charge in [0.25, 0.3) is 0 Å². The first-order valence-electron chi connectivity index (χ1n) is 4.48. The van der Waals surface area contributed by atoms with Gasteiger partial charge in [0.2, 0.25) is 10.0 Å². The number of aromatic nitrogens is 1. The van der Waals surface area contributed by atoms with E-state index in [2.05, 4.69) is 9.71 Å². The minimum atomic E-state index is -3.37. The van der Waals surface area contributed by atoms with Crippen LogP contribution in [0.3, 0.4) is 0 Å². The summed E-state index contributed by atoms with van der Waals surface area (Å²) in [6, 6.07) is 7.67. The van der Waals surface area contributed by atoms with Crippen LogP contribution < -0.4 is 4.72 Å². The Bertz CT molecular complexity index is 561. The molecule has 2 aromatic rings. The number of halogens is 1. The van der Waals surface area contributed by atoms with Gasteiger partial charge in [-0.15, -0.1) is 22.9 Å². The normalized spacial score (nSPS) is 12.1. The van der Waals surface area contributed by atoms with Crippen molar-refractivity contribution in [3.8, 4) is 0 Å². The lowest BCUT2D eigenvalue weighted by Gasteiger charge is -1.99. The molecular weight excluding hydrogens is 268 g/mol. The average Bonchev–Trinajstić information content (AvgIpc) is 2.69. The molecule has 1 heterocycles. The van der Waals surface area contributed by atoms with Gasteiger partial charge in [0, 0.05) is 0 Å². The molecule has 1 N–H and O–H groups in total. The number of hydrogen-bond acceptors (Lipinski definition) is 4. The van der Waals surface area contributed by atoms with E-state index in [0.29, 0.717) is 0 Å². The molecule has 0 aliphatic heterocycles. The molecule has 2 rings (SSSR count). The summed E-state index contributed by atoms with van der Waals surface area (Å²) >= 11 is 6.74. The molecule has 0 spiro atoms. The van der Waals surface area contributed by atoms with Gasteiger partial charge >= 0.3 is 0 Å². The predicted octanol–water partition coefficient (Wildman–Crippen LogP) is 1.91. The third-order valence-corrected chi connectivity index (χ3v) is 4.69. The number of benzene rings is 1. The third-order valence-electron chi connectivity index (χ3n) is 1.93. The van der Waals surface area contributed by atoms with Crippen LogP contribution in [0.2, 0.25) is 0 Å². The molecule has 7 heteroatoms. The maximum absolute atomic E-state index is 11.1. The number of rotatable bonds is 4. The zero-order valence-corrected chi connectivity index (χ0v) is 10.6. The number of para-hydroxylation sites is 1. The van der Waals surface area contributed by atoms with Crippen LogP contribution in [0.5, 0.6) is 0 Å². The molecule has 0 saturated heterocycles. The molecule has 0 aliphatic rings. The number of sulfonamides is 1. The lowest BCUT2D eigenvalue weighted by atomic mass is 10.3. The van der Waals surface area contributed by atoms with Crippen molar-refractivity contribution >= 4 is 43.2 Å². The fraction of sp³-hybridized carbons (Fsp3) is 0.222. The SMILES string of the molecule is O=S(=O)(CCl)NCc1nc2ccccc2s1. The van der Waals surface area contributed by atoms with Gasteiger partial charge in [-0.25, -0.2) is 18.1 Å². The molecule has 0 fully saturated rings. The number of fused-ring (bicyclic) bond motifs is 1. The number of nitrogens with zero attached hydrogens (tertiary/aromatic N) is 1. The summed E-state index contributed by atoms with van der Waals surface area (Å²) in [6.45, 7) is 0.189. The number of thiazole rings is 1. The van der Waals surface area contributed by atoms with E-state index in [0.717, 1.165) is 15.2 Å². The minimum Gasteiger partial charge on any atom is -0.240 e. The highest BCUT2D eigenvalue weighted by atomic mass is 35.5. The van der Waals surface area contributed by atoms with Crippen LogP contribution in [0.4, 0.5) is 0 Å². The molecule has 0 radical (unpaired) electrons. The summed E-state index contributed by atoms with van der Waals surface area (Å²) in [6.07, 6.45) is 0. The van der Waals surface area contributed by atoms with Crippen molar-refractivity contribution in [2.24, 2.45) is 0 Å². The Morgan fingerprint density at radius 3 is 2.81 bits per heavy atom. The quantitative estimate of drug-likeness (QED) is 0.868. The maximum Gasteiger partial charge on any atom is 0.226 e. The minimum absolute atomic E-state index is 0.189. The zero-order valence-electron chi connectivity index (χ0n) is 8.18. The summed E-state index contributed by atoms with van der Waals surface area (Å²) in [7, 11) is -3.37. The van der Waals surface area contributed by atoms with Crippen LogP contribution >= 0.6 is 22.9 Å². The van der Waals surface area contributed by atoms with E-state index in [1.54, 1.807) is 0 Å². The predicted molar refractivity (Wildman–Crippen MR) is 66.1 cm³/mol. The molecule has 86 valence electrons. The number of hydrogen-bond donors (Lipinski definition) is 1. The van der Waals surface area contributed by atoms with Crippen molar-refractivity contribution in [2.45, 2.75) is 6.54 Å². The van der Waals surface area contributed by atoms with Gasteiger partial charge < -0.3 is 0 Å². The Labute approximate surface area is 102 Å².